The van der Waals surface area contributed by atoms with Crippen LogP contribution >= 0.6 is 23.2 Å². The Morgan fingerprint density at radius 3 is 1.91 bits per heavy atom. The summed E-state index contributed by atoms with van der Waals surface area (Å²) in [6.45, 7) is 11.4. The number of anilines is 1. The van der Waals surface area contributed by atoms with E-state index in [1.807, 2.05) is 20.8 Å². The van der Waals surface area contributed by atoms with Gasteiger partial charge in [0.1, 0.15) is 17.7 Å². The summed E-state index contributed by atoms with van der Waals surface area (Å²) in [5.41, 5.74) is 0.156. The molecule has 0 atom stereocenters. The van der Waals surface area contributed by atoms with Crippen molar-refractivity contribution in [2.75, 3.05) is 37.0 Å². The second kappa shape index (κ2) is 16.5. The van der Waals surface area contributed by atoms with Crippen molar-refractivity contribution in [3.05, 3.63) is 106 Å². The second-order valence-corrected chi connectivity index (χ2v) is 17.8. The molecule has 4 aromatic carbocycles. The van der Waals surface area contributed by atoms with Gasteiger partial charge in [-0.1, -0.05) is 59.6 Å². The van der Waals surface area contributed by atoms with Crippen LogP contribution in [0, 0.1) is 0 Å². The molecule has 0 saturated carbocycles. The summed E-state index contributed by atoms with van der Waals surface area (Å²) >= 11 is 12.3. The lowest BCUT2D eigenvalue weighted by atomic mass is 10.0. The molecular weight excluding hydrogens is 767 g/mol. The number of nitrogens with one attached hydrogen (secondary N) is 1. The van der Waals surface area contributed by atoms with Gasteiger partial charge in [0, 0.05) is 59.3 Å². The highest BCUT2D eigenvalue weighted by molar-refractivity contribution is 7.93. The van der Waals surface area contributed by atoms with E-state index in [0.717, 1.165) is 9.87 Å². The highest BCUT2D eigenvalue weighted by Crippen LogP contribution is 2.34. The number of hydrogen-bond acceptors (Lipinski definition) is 8. The van der Waals surface area contributed by atoms with E-state index in [4.69, 9.17) is 32.7 Å². The molecule has 12 nitrogen and oxygen atoms in total. The number of benzene rings is 4. The molecule has 0 aliphatic carbocycles. The van der Waals surface area contributed by atoms with Gasteiger partial charge in [-0.3, -0.25) is 18.7 Å². The van der Waals surface area contributed by atoms with Crippen LogP contribution in [0.3, 0.4) is 0 Å². The molecule has 0 aromatic heterocycles. The molecule has 5 rings (SSSR count). The Balaban J connectivity index is 1.32. The van der Waals surface area contributed by atoms with E-state index in [9.17, 15) is 27.6 Å². The van der Waals surface area contributed by atoms with Crippen molar-refractivity contribution < 1.29 is 37.1 Å². The first-order valence-electron chi connectivity index (χ1n) is 17.6. The van der Waals surface area contributed by atoms with Crippen molar-refractivity contribution in [2.24, 2.45) is 0 Å². The summed E-state index contributed by atoms with van der Waals surface area (Å²) in [6.07, 6.45) is -0.400. The van der Waals surface area contributed by atoms with Crippen molar-refractivity contribution in [2.45, 2.75) is 64.2 Å². The number of nitrogens with zero attached hydrogens (tertiary/aromatic N) is 3. The van der Waals surface area contributed by atoms with Crippen LogP contribution in [0.5, 0.6) is 0 Å². The fraction of sp³-hybridized carbons (Fsp3) is 0.350. The van der Waals surface area contributed by atoms with E-state index < -0.39 is 45.7 Å². The van der Waals surface area contributed by atoms with Crippen LogP contribution in [0.4, 0.5) is 10.5 Å². The normalized spacial score (nSPS) is 13.7. The molecule has 0 spiro atoms. The van der Waals surface area contributed by atoms with Crippen LogP contribution in [-0.4, -0.2) is 86.0 Å². The molecular formula is C40H44Cl2N4O8S. The van der Waals surface area contributed by atoms with Crippen molar-refractivity contribution >= 4 is 73.6 Å². The van der Waals surface area contributed by atoms with Gasteiger partial charge < -0.3 is 24.6 Å². The van der Waals surface area contributed by atoms with Gasteiger partial charge in [0.25, 0.3) is 21.8 Å². The average Bonchev–Trinajstić information content (AvgIpc) is 3.10. The molecule has 1 N–H and O–H groups in total. The molecule has 0 bridgehead atoms. The second-order valence-electron chi connectivity index (χ2n) is 15.0. The highest BCUT2D eigenvalue weighted by atomic mass is 35.5. The number of carbonyl (C=O) groups excluding carboxylic acids is 4. The Labute approximate surface area is 331 Å². The van der Waals surface area contributed by atoms with Gasteiger partial charge in [-0.25, -0.2) is 13.2 Å². The predicted molar refractivity (Wildman–Crippen MR) is 212 cm³/mol. The fourth-order valence-electron chi connectivity index (χ4n) is 5.95. The number of amides is 3. The van der Waals surface area contributed by atoms with Gasteiger partial charge in [0.05, 0.1) is 10.6 Å². The highest BCUT2D eigenvalue weighted by Gasteiger charge is 2.32. The lowest BCUT2D eigenvalue weighted by Crippen LogP contribution is -2.51. The molecule has 1 aliphatic rings. The number of halogens is 2. The van der Waals surface area contributed by atoms with Gasteiger partial charge in [-0.15, -0.1) is 0 Å². The number of fused-ring (bicyclic) bond motifs is 1. The zero-order valence-corrected chi connectivity index (χ0v) is 33.8. The molecule has 1 heterocycles. The molecule has 292 valence electrons. The molecule has 0 unspecified atom stereocenters. The van der Waals surface area contributed by atoms with Crippen LogP contribution in [-0.2, 0) is 30.8 Å². The van der Waals surface area contributed by atoms with Crippen LogP contribution in [0.15, 0.2) is 83.8 Å². The summed E-state index contributed by atoms with van der Waals surface area (Å²) in [6, 6.07) is 20.5. The Hall–Kier alpha value is -4.85. The number of hydrogen-bond donors (Lipinski definition) is 1. The minimum atomic E-state index is -4.43. The summed E-state index contributed by atoms with van der Waals surface area (Å²) in [7, 11) is -4.43. The van der Waals surface area contributed by atoms with Gasteiger partial charge in [0.15, 0.2) is 0 Å². The Morgan fingerprint density at radius 2 is 1.31 bits per heavy atom. The first-order chi connectivity index (χ1) is 25.7. The number of ether oxygens (including phenoxy) is 2. The minimum absolute atomic E-state index is 0.0941. The minimum Gasteiger partial charge on any atom is -0.459 e. The summed E-state index contributed by atoms with van der Waals surface area (Å²) < 4.78 is 40.2. The van der Waals surface area contributed by atoms with Gasteiger partial charge >= 0.3 is 12.1 Å². The zero-order chi connectivity index (χ0) is 40.3. The van der Waals surface area contributed by atoms with E-state index >= 15 is 0 Å². The van der Waals surface area contributed by atoms with Crippen molar-refractivity contribution in [3.63, 3.8) is 0 Å². The van der Waals surface area contributed by atoms with Gasteiger partial charge in [-0.05, 0) is 95.0 Å². The van der Waals surface area contributed by atoms with Gasteiger partial charge in [0.2, 0.25) is 0 Å². The third kappa shape index (κ3) is 10.5. The largest absolute Gasteiger partial charge is 0.459 e. The third-order valence-electron chi connectivity index (χ3n) is 8.40. The maximum atomic E-state index is 14.2. The summed E-state index contributed by atoms with van der Waals surface area (Å²) in [5.74, 6) is -1.37. The first-order valence-corrected chi connectivity index (χ1v) is 19.8. The molecule has 1 aliphatic heterocycles. The predicted octanol–water partition coefficient (Wildman–Crippen LogP) is 7.31. The SMILES string of the molecule is CC(C)(C)OC(=O)CN(c1cccc2c(C(=O)NCc3ccc(C(=O)N4CCN(C(=O)OC(C)(C)C)CC4)cc3)cccc12)S(=O)(=O)c1cc(Cl)cc(Cl)c1. The molecule has 15 heteroatoms. The van der Waals surface area contributed by atoms with Crippen molar-refractivity contribution in [1.82, 2.24) is 15.1 Å². The average molecular weight is 812 g/mol. The number of sulfonamides is 1. The topological polar surface area (TPSA) is 143 Å². The van der Waals surface area contributed by atoms with Crippen LogP contribution < -0.4 is 9.62 Å². The monoisotopic (exact) mass is 810 g/mol. The van der Waals surface area contributed by atoms with Crippen LogP contribution in [0.25, 0.3) is 10.8 Å². The Bertz CT molecular complexity index is 2190. The van der Waals surface area contributed by atoms with Crippen LogP contribution in [0.2, 0.25) is 10.0 Å². The van der Waals surface area contributed by atoms with E-state index in [1.54, 1.807) is 91.2 Å². The number of esters is 1. The quantitative estimate of drug-likeness (QED) is 0.174. The maximum Gasteiger partial charge on any atom is 0.410 e. The van der Waals surface area contributed by atoms with Gasteiger partial charge in [-0.2, -0.15) is 0 Å². The molecule has 1 saturated heterocycles. The van der Waals surface area contributed by atoms with Crippen molar-refractivity contribution in [3.8, 4) is 0 Å². The number of rotatable bonds is 9. The smallest absolute Gasteiger partial charge is 0.410 e. The lowest BCUT2D eigenvalue weighted by molar-refractivity contribution is -0.152. The standard InChI is InChI=1S/C40H44Cl2N4O8S/c1-39(2,3)53-35(47)25-46(55(51,52)30-22-28(41)21-29(42)23-30)34-12-8-9-31-32(34)10-7-11-33(31)36(48)43-24-26-13-15-27(16-14-26)37(49)44-17-19-45(20-18-44)38(50)54-40(4,5)6/h7-16,21-23H,17-20,24-25H2,1-6H3,(H,43,48). The zero-order valence-electron chi connectivity index (χ0n) is 31.5. The maximum absolute atomic E-state index is 14.2. The Kier molecular flexibility index (Phi) is 12.4. The molecule has 0 radical (unpaired) electrons. The molecule has 3 amide bonds. The number of carbonyl (C=O) groups is 4. The summed E-state index contributed by atoms with van der Waals surface area (Å²) in [4.78, 5) is 55.4. The van der Waals surface area contributed by atoms with E-state index in [-0.39, 0.29) is 38.6 Å². The molecule has 1 fully saturated rings. The van der Waals surface area contributed by atoms with Crippen molar-refractivity contribution in [1.29, 1.82) is 0 Å². The van der Waals surface area contributed by atoms with E-state index in [1.165, 1.54) is 18.2 Å². The molecule has 55 heavy (non-hydrogen) atoms. The molecule has 4 aromatic rings. The Morgan fingerprint density at radius 1 is 0.745 bits per heavy atom. The third-order valence-corrected chi connectivity index (χ3v) is 10.6. The fourth-order valence-corrected chi connectivity index (χ4v) is 8.10. The lowest BCUT2D eigenvalue weighted by Gasteiger charge is -2.35. The van der Waals surface area contributed by atoms with E-state index in [0.29, 0.717) is 42.5 Å². The first kappa shape index (κ1) is 41.3. The number of piperazine rings is 1. The summed E-state index contributed by atoms with van der Waals surface area (Å²) in [5, 5.41) is 3.93. The van der Waals surface area contributed by atoms with E-state index in [2.05, 4.69) is 5.32 Å². The van der Waals surface area contributed by atoms with Crippen LogP contribution in [0.1, 0.15) is 67.8 Å².